The second-order valence-electron chi connectivity index (χ2n) is 6.87. The maximum Gasteiger partial charge on any atom is 0.164 e. The van der Waals surface area contributed by atoms with Gasteiger partial charge >= 0.3 is 0 Å². The molecule has 0 bridgehead atoms. The molecule has 1 unspecified atom stereocenters. The van der Waals surface area contributed by atoms with Crippen molar-refractivity contribution in [1.82, 2.24) is 0 Å². The van der Waals surface area contributed by atoms with Crippen LogP contribution in [0, 0.1) is 0 Å². The summed E-state index contributed by atoms with van der Waals surface area (Å²) in [6.07, 6.45) is -0.830. The van der Waals surface area contributed by atoms with E-state index < -0.39 is 54.6 Å². The topological polar surface area (TPSA) is 118 Å². The molecule has 1 fully saturated rings. The predicted octanol–water partition coefficient (Wildman–Crippen LogP) is 0.711. The Kier molecular flexibility index (Phi) is 12.4. The van der Waals surface area contributed by atoms with Gasteiger partial charge < -0.3 is 39.4 Å². The summed E-state index contributed by atoms with van der Waals surface area (Å²) in [4.78, 5) is 0. The fourth-order valence-corrected chi connectivity index (χ4v) is 2.75. The lowest BCUT2D eigenvalue weighted by molar-refractivity contribution is -0.157. The number of aliphatic hydroxyl groups is 4. The van der Waals surface area contributed by atoms with Gasteiger partial charge in [0, 0.05) is 14.2 Å². The summed E-state index contributed by atoms with van der Waals surface area (Å²) >= 11 is 0. The highest BCUT2D eigenvalue weighted by Gasteiger charge is 2.46. The van der Waals surface area contributed by atoms with E-state index >= 15 is 0 Å². The Hall–Kier alpha value is -1.36. The van der Waals surface area contributed by atoms with Gasteiger partial charge in [0.15, 0.2) is 5.79 Å². The van der Waals surface area contributed by atoms with Gasteiger partial charge in [0.2, 0.25) is 0 Å². The Bertz CT molecular complexity index is 477. The summed E-state index contributed by atoms with van der Waals surface area (Å²) in [6, 6.07) is 0. The first kappa shape index (κ1) is 27.6. The second-order valence-corrected chi connectivity index (χ2v) is 6.87. The van der Waals surface area contributed by atoms with Crippen LogP contribution in [0.3, 0.4) is 0 Å². The smallest absolute Gasteiger partial charge is 0.164 e. The van der Waals surface area contributed by atoms with E-state index in [4.69, 9.17) is 18.9 Å². The van der Waals surface area contributed by atoms with E-state index in [-0.39, 0.29) is 0 Å². The van der Waals surface area contributed by atoms with Crippen molar-refractivity contribution >= 4 is 0 Å². The van der Waals surface area contributed by atoms with Crippen LogP contribution >= 0.6 is 0 Å². The van der Waals surface area contributed by atoms with Gasteiger partial charge in [-0.05, 0) is 13.8 Å². The number of methoxy groups -OCH3 is 2. The van der Waals surface area contributed by atoms with Crippen LogP contribution < -0.4 is 0 Å². The van der Waals surface area contributed by atoms with E-state index in [1.807, 2.05) is 0 Å². The lowest BCUT2D eigenvalue weighted by atomic mass is 10.0. The third-order valence-electron chi connectivity index (χ3n) is 4.35. The second kappa shape index (κ2) is 13.0. The van der Waals surface area contributed by atoms with E-state index in [0.717, 1.165) is 0 Å². The molecule has 8 heteroatoms. The molecule has 1 aliphatic rings. The maximum absolute atomic E-state index is 9.64. The van der Waals surface area contributed by atoms with Crippen LogP contribution in [0.5, 0.6) is 0 Å². The van der Waals surface area contributed by atoms with Crippen molar-refractivity contribution in [3.63, 3.8) is 0 Å². The average molecular weight is 417 g/mol. The molecule has 1 rings (SSSR count). The maximum atomic E-state index is 9.64. The monoisotopic (exact) mass is 416 g/mol. The molecule has 0 aliphatic carbocycles. The first-order chi connectivity index (χ1) is 13.5. The third kappa shape index (κ3) is 8.12. The Labute approximate surface area is 173 Å². The lowest BCUT2D eigenvalue weighted by Gasteiger charge is -2.27. The molecule has 0 aromatic heterocycles. The van der Waals surface area contributed by atoms with Crippen molar-refractivity contribution < 1.29 is 39.4 Å². The van der Waals surface area contributed by atoms with Gasteiger partial charge in [0.25, 0.3) is 0 Å². The minimum absolute atomic E-state index is 0.620. The first-order valence-electron chi connectivity index (χ1n) is 9.17. The fourth-order valence-electron chi connectivity index (χ4n) is 2.75. The zero-order valence-electron chi connectivity index (χ0n) is 17.7. The molecular weight excluding hydrogens is 380 g/mol. The van der Waals surface area contributed by atoms with Crippen molar-refractivity contribution in [2.45, 2.75) is 68.5 Å². The van der Waals surface area contributed by atoms with Crippen molar-refractivity contribution in [3.8, 4) is 0 Å². The van der Waals surface area contributed by atoms with Gasteiger partial charge in [-0.1, -0.05) is 24.3 Å². The highest BCUT2D eigenvalue weighted by molar-refractivity contribution is 5.01. The van der Waals surface area contributed by atoms with Crippen LogP contribution in [0.15, 0.2) is 50.6 Å². The molecule has 0 saturated carbocycles. The number of aliphatic hydroxyl groups excluding tert-OH is 4. The van der Waals surface area contributed by atoms with Gasteiger partial charge in [-0.3, -0.25) is 0 Å². The third-order valence-corrected chi connectivity index (χ3v) is 4.35. The Morgan fingerprint density at radius 2 is 1.03 bits per heavy atom. The molecule has 0 aromatic carbocycles. The van der Waals surface area contributed by atoms with Gasteiger partial charge in [-0.15, -0.1) is 26.3 Å². The molecule has 0 spiro atoms. The van der Waals surface area contributed by atoms with Crippen molar-refractivity contribution in [2.24, 2.45) is 0 Å². The molecule has 0 radical (unpaired) electrons. The Morgan fingerprint density at radius 3 is 1.24 bits per heavy atom. The van der Waals surface area contributed by atoms with Crippen LogP contribution in [0.1, 0.15) is 13.8 Å². The van der Waals surface area contributed by atoms with E-state index in [9.17, 15) is 20.4 Å². The molecule has 1 aliphatic heterocycles. The highest BCUT2D eigenvalue weighted by atomic mass is 16.8. The van der Waals surface area contributed by atoms with E-state index in [0.29, 0.717) is 0 Å². The number of hydrogen-bond donors (Lipinski definition) is 4. The SMILES string of the molecule is C=C[C@H](O)C1OC(C)(C)O[C@H]1[C@@H](O)C=C.C=C[C@H](OC)[C@H](O)[C@@H](O)[C@H](C=C)OC. The average Bonchev–Trinajstić information content (AvgIpc) is 3.04. The molecule has 29 heavy (non-hydrogen) atoms. The summed E-state index contributed by atoms with van der Waals surface area (Å²) in [7, 11) is 2.86. The molecule has 0 amide bonds. The summed E-state index contributed by atoms with van der Waals surface area (Å²) in [5, 5.41) is 38.5. The minimum Gasteiger partial charge on any atom is -0.387 e. The molecule has 1 saturated heterocycles. The summed E-state index contributed by atoms with van der Waals surface area (Å²) < 4.78 is 20.8. The minimum atomic E-state index is -1.08. The fraction of sp³-hybridized carbons (Fsp3) is 0.619. The zero-order valence-corrected chi connectivity index (χ0v) is 17.7. The molecule has 4 N–H and O–H groups in total. The van der Waals surface area contributed by atoms with Gasteiger partial charge in [-0.25, -0.2) is 0 Å². The largest absolute Gasteiger partial charge is 0.387 e. The molecule has 8 atom stereocenters. The molecule has 8 nitrogen and oxygen atoms in total. The number of hydrogen-bond acceptors (Lipinski definition) is 8. The number of rotatable bonds is 11. The van der Waals surface area contributed by atoms with Crippen molar-refractivity contribution in [1.29, 1.82) is 0 Å². The predicted molar refractivity (Wildman–Crippen MR) is 110 cm³/mol. The van der Waals surface area contributed by atoms with Crippen molar-refractivity contribution in [2.75, 3.05) is 14.2 Å². The standard InChI is InChI=1S/C11H18O4.C10H18O4/c1-5-7(12)9-10(8(13)6-2)15-11(3,4)14-9;1-5-7(13-3)9(11)10(12)8(6-2)14-4/h5-10,12-13H,1-2H2,3-4H3;5-12H,1-2H2,3-4H3/t7-,8-,9-,10?;7-,8-,9-,10-/m00/s1. The van der Waals surface area contributed by atoms with Crippen LogP contribution in [-0.4, -0.2) is 89.3 Å². The van der Waals surface area contributed by atoms with Crippen LogP contribution in [0.25, 0.3) is 0 Å². The molecule has 1 heterocycles. The lowest BCUT2D eigenvalue weighted by Crippen LogP contribution is -2.44. The molecule has 168 valence electrons. The summed E-state index contributed by atoms with van der Waals surface area (Å²) in [5.74, 6) is -0.816. The zero-order chi connectivity index (χ0) is 22.8. The van der Waals surface area contributed by atoms with E-state index in [1.165, 1.54) is 38.5 Å². The first-order valence-corrected chi connectivity index (χ1v) is 9.17. The normalized spacial score (nSPS) is 26.6. The van der Waals surface area contributed by atoms with Crippen LogP contribution in [0.4, 0.5) is 0 Å². The Morgan fingerprint density at radius 1 is 0.724 bits per heavy atom. The van der Waals surface area contributed by atoms with Crippen molar-refractivity contribution in [3.05, 3.63) is 50.6 Å². The van der Waals surface area contributed by atoms with Gasteiger partial charge in [0.1, 0.15) is 48.8 Å². The van der Waals surface area contributed by atoms with Crippen LogP contribution in [-0.2, 0) is 18.9 Å². The van der Waals surface area contributed by atoms with Gasteiger partial charge in [-0.2, -0.15) is 0 Å². The molecular formula is C21H36O8. The van der Waals surface area contributed by atoms with Gasteiger partial charge in [0.05, 0.1) is 0 Å². The van der Waals surface area contributed by atoms with E-state index in [1.54, 1.807) is 13.8 Å². The van der Waals surface area contributed by atoms with Crippen LogP contribution in [0.2, 0.25) is 0 Å². The van der Waals surface area contributed by atoms with E-state index in [2.05, 4.69) is 26.3 Å². The summed E-state index contributed by atoms with van der Waals surface area (Å²) in [6.45, 7) is 17.4. The quantitative estimate of drug-likeness (QED) is 0.364. The summed E-state index contributed by atoms with van der Waals surface area (Å²) in [5.41, 5.74) is 0. The molecule has 0 aromatic rings. The highest BCUT2D eigenvalue weighted by Crippen LogP contribution is 2.32. The number of ether oxygens (including phenoxy) is 4. The Balaban J connectivity index is 0.000000543.